The lowest BCUT2D eigenvalue weighted by Gasteiger charge is -2.03. The fourth-order valence-electron chi connectivity index (χ4n) is 1.48. The van der Waals surface area contributed by atoms with Crippen LogP contribution in [0.3, 0.4) is 0 Å². The molecule has 2 aromatic rings. The molecule has 0 heterocycles. The molecule has 0 fully saturated rings. The molecule has 0 radical (unpaired) electrons. The first-order chi connectivity index (χ1) is 8.79. The molecule has 90 valence electrons. The second-order valence-electron chi connectivity index (χ2n) is 3.57. The van der Waals surface area contributed by atoms with Crippen molar-refractivity contribution in [2.24, 2.45) is 0 Å². The summed E-state index contributed by atoms with van der Waals surface area (Å²) in [5.41, 5.74) is 1.29. The Kier molecular flexibility index (Phi) is 3.71. The van der Waals surface area contributed by atoms with Crippen LogP contribution >= 0.6 is 0 Å². The Morgan fingerprint density at radius 2 is 1.67 bits per heavy atom. The minimum Gasteiger partial charge on any atom is -0.618 e. The number of nitrogens with zero attached hydrogens (tertiary/aromatic N) is 1. The van der Waals surface area contributed by atoms with E-state index in [1.807, 2.05) is 30.3 Å². The molecule has 0 aliphatic rings. The molecule has 0 saturated carbocycles. The van der Waals surface area contributed by atoms with Crippen LogP contribution in [0.4, 0.5) is 5.69 Å². The maximum Gasteiger partial charge on any atom is 0.298 e. The summed E-state index contributed by atoms with van der Waals surface area (Å²) >= 11 is 0. The number of carbonyl (C=O) groups is 1. The van der Waals surface area contributed by atoms with Crippen LogP contribution in [0.25, 0.3) is 0 Å². The van der Waals surface area contributed by atoms with Crippen molar-refractivity contribution in [1.29, 1.82) is 0 Å². The predicted octanol–water partition coefficient (Wildman–Crippen LogP) is 2.48. The van der Waals surface area contributed by atoms with E-state index in [1.54, 1.807) is 24.3 Å². The molecule has 0 unspecified atom stereocenters. The van der Waals surface area contributed by atoms with Crippen molar-refractivity contribution in [2.75, 3.05) is 0 Å². The van der Waals surface area contributed by atoms with Crippen molar-refractivity contribution in [3.8, 4) is 5.75 Å². The third-order valence-corrected chi connectivity index (χ3v) is 2.34. The lowest BCUT2D eigenvalue weighted by atomic mass is 10.2. The van der Waals surface area contributed by atoms with Gasteiger partial charge in [0.25, 0.3) is 6.47 Å². The molecule has 4 nitrogen and oxygen atoms in total. The van der Waals surface area contributed by atoms with Gasteiger partial charge in [-0.05, 0) is 24.3 Å². The van der Waals surface area contributed by atoms with Gasteiger partial charge in [0.1, 0.15) is 5.75 Å². The van der Waals surface area contributed by atoms with E-state index in [0.29, 0.717) is 17.9 Å². The van der Waals surface area contributed by atoms with E-state index in [9.17, 15) is 10.0 Å². The summed E-state index contributed by atoms with van der Waals surface area (Å²) < 4.78 is 5.41. The van der Waals surface area contributed by atoms with Crippen LogP contribution in [0.2, 0.25) is 0 Å². The van der Waals surface area contributed by atoms with Gasteiger partial charge >= 0.3 is 0 Å². The Morgan fingerprint density at radius 1 is 1.00 bits per heavy atom. The van der Waals surface area contributed by atoms with E-state index in [0.717, 1.165) is 10.3 Å². The number of hydrogen-bond donors (Lipinski definition) is 0. The van der Waals surface area contributed by atoms with Gasteiger partial charge in [-0.3, -0.25) is 4.79 Å². The third-order valence-electron chi connectivity index (χ3n) is 2.34. The zero-order valence-electron chi connectivity index (χ0n) is 9.52. The molecule has 2 rings (SSSR count). The molecule has 0 spiro atoms. The van der Waals surface area contributed by atoms with Crippen molar-refractivity contribution in [1.82, 2.24) is 0 Å². The van der Waals surface area contributed by atoms with Gasteiger partial charge in [-0.25, -0.2) is 0 Å². The van der Waals surface area contributed by atoms with Crippen LogP contribution in [0, 0.1) is 5.21 Å². The maximum absolute atomic E-state index is 11.8. The highest BCUT2D eigenvalue weighted by atomic mass is 16.5. The Labute approximate surface area is 104 Å². The average Bonchev–Trinajstić information content (AvgIpc) is 2.41. The molecule has 0 N–H and O–H groups in total. The van der Waals surface area contributed by atoms with Gasteiger partial charge in [-0.15, -0.1) is 0 Å². The van der Waals surface area contributed by atoms with Crippen molar-refractivity contribution in [2.45, 2.75) is 0 Å². The van der Waals surface area contributed by atoms with Crippen molar-refractivity contribution < 1.29 is 14.3 Å². The quantitative estimate of drug-likeness (QED) is 0.272. The predicted molar refractivity (Wildman–Crippen MR) is 68.0 cm³/mol. The number of rotatable bonds is 4. The molecule has 0 saturated heterocycles. The smallest absolute Gasteiger partial charge is 0.298 e. The molecule has 4 heteroatoms. The molecule has 18 heavy (non-hydrogen) atoms. The minimum atomic E-state index is 0.347. The first kappa shape index (κ1) is 11.9. The zero-order chi connectivity index (χ0) is 12.8. The van der Waals surface area contributed by atoms with Crippen LogP contribution in [0.5, 0.6) is 5.75 Å². The van der Waals surface area contributed by atoms with E-state index in [1.165, 1.54) is 6.21 Å². The van der Waals surface area contributed by atoms with Crippen molar-refractivity contribution in [3.63, 3.8) is 0 Å². The highest BCUT2D eigenvalue weighted by molar-refractivity contribution is 5.76. The summed E-state index contributed by atoms with van der Waals surface area (Å²) in [7, 11) is 0. The Hall–Kier alpha value is -2.62. The van der Waals surface area contributed by atoms with Crippen LogP contribution < -0.4 is 4.74 Å². The lowest BCUT2D eigenvalue weighted by Crippen LogP contribution is -1.98. The van der Waals surface area contributed by atoms with Gasteiger partial charge in [0, 0.05) is 17.7 Å². The number of benzene rings is 2. The summed E-state index contributed by atoms with van der Waals surface area (Å²) in [5.74, 6) is 0.405. The average molecular weight is 241 g/mol. The molecular formula is C14H11NO3. The molecule has 0 aliphatic heterocycles. The van der Waals surface area contributed by atoms with Crippen molar-refractivity contribution >= 4 is 18.4 Å². The highest BCUT2D eigenvalue weighted by Gasteiger charge is 2.02. The molecular weight excluding hydrogens is 230 g/mol. The molecule has 0 bridgehead atoms. The van der Waals surface area contributed by atoms with Crippen LogP contribution in [0.15, 0.2) is 54.6 Å². The molecule has 2 aromatic carbocycles. The fraction of sp³-hybridized carbons (Fsp3) is 0. The molecule has 0 aromatic heterocycles. The number of carbonyl (C=O) groups excluding carboxylic acids is 1. The van der Waals surface area contributed by atoms with E-state index in [-0.39, 0.29) is 0 Å². The second-order valence-corrected chi connectivity index (χ2v) is 3.57. The van der Waals surface area contributed by atoms with Gasteiger partial charge in [-0.2, -0.15) is 4.74 Å². The Bertz CT molecular complexity index is 547. The van der Waals surface area contributed by atoms with Crippen molar-refractivity contribution in [3.05, 3.63) is 65.4 Å². The minimum absolute atomic E-state index is 0.347. The summed E-state index contributed by atoms with van der Waals surface area (Å²) in [6.07, 6.45) is 1.48. The molecule has 0 atom stereocenters. The van der Waals surface area contributed by atoms with E-state index in [4.69, 9.17) is 0 Å². The summed E-state index contributed by atoms with van der Waals surface area (Å²) in [4.78, 5) is 10.1. The normalized spacial score (nSPS) is 11.0. The maximum atomic E-state index is 11.8. The SMILES string of the molecule is O=COc1ccc(/[N+]([O-])=C/c2ccccc2)cc1. The van der Waals surface area contributed by atoms with Gasteiger partial charge in [0.15, 0.2) is 6.21 Å². The summed E-state index contributed by atoms with van der Waals surface area (Å²) in [6.45, 7) is 0.347. The summed E-state index contributed by atoms with van der Waals surface area (Å²) in [5, 5.41) is 11.8. The number of hydrogen-bond acceptors (Lipinski definition) is 3. The van der Waals surface area contributed by atoms with E-state index < -0.39 is 0 Å². The largest absolute Gasteiger partial charge is 0.618 e. The van der Waals surface area contributed by atoms with Crippen LogP contribution in [0.1, 0.15) is 5.56 Å². The van der Waals surface area contributed by atoms with E-state index in [2.05, 4.69) is 4.74 Å². The van der Waals surface area contributed by atoms with Gasteiger partial charge in [-0.1, -0.05) is 18.2 Å². The lowest BCUT2D eigenvalue weighted by molar-refractivity contribution is -0.354. The zero-order valence-corrected chi connectivity index (χ0v) is 9.52. The number of ether oxygens (including phenoxy) is 1. The Balaban J connectivity index is 2.20. The van der Waals surface area contributed by atoms with Gasteiger partial charge < -0.3 is 9.94 Å². The fourth-order valence-corrected chi connectivity index (χ4v) is 1.48. The van der Waals surface area contributed by atoms with Crippen LogP contribution in [-0.2, 0) is 4.79 Å². The second kappa shape index (κ2) is 5.63. The molecule has 0 aliphatic carbocycles. The van der Waals surface area contributed by atoms with Crippen LogP contribution in [-0.4, -0.2) is 17.4 Å². The van der Waals surface area contributed by atoms with Gasteiger partial charge in [0.05, 0.1) is 0 Å². The van der Waals surface area contributed by atoms with Gasteiger partial charge in [0.2, 0.25) is 5.69 Å². The molecule has 0 amide bonds. The topological polar surface area (TPSA) is 52.4 Å². The third kappa shape index (κ3) is 2.95. The first-order valence-corrected chi connectivity index (χ1v) is 5.36. The summed E-state index contributed by atoms with van der Waals surface area (Å²) in [6, 6.07) is 15.6. The van der Waals surface area contributed by atoms with E-state index >= 15 is 0 Å². The monoisotopic (exact) mass is 241 g/mol. The standard InChI is InChI=1S/C14H11NO3/c16-11-18-14-8-6-13(7-9-14)15(17)10-12-4-2-1-3-5-12/h1-11H/b15-10-. The highest BCUT2D eigenvalue weighted by Crippen LogP contribution is 2.17. The Morgan fingerprint density at radius 3 is 2.28 bits per heavy atom. The first-order valence-electron chi connectivity index (χ1n) is 5.36.